The van der Waals surface area contributed by atoms with Gasteiger partial charge in [-0.05, 0) is 38.1 Å². The molecule has 1 saturated heterocycles. The van der Waals surface area contributed by atoms with Gasteiger partial charge in [0.05, 0.1) is 6.20 Å². The lowest BCUT2D eigenvalue weighted by atomic mass is 9.87. The second-order valence-electron chi connectivity index (χ2n) is 7.43. The first-order valence-electron chi connectivity index (χ1n) is 9.38. The van der Waals surface area contributed by atoms with Crippen LogP contribution < -0.4 is 10.1 Å². The van der Waals surface area contributed by atoms with Gasteiger partial charge in [-0.1, -0.05) is 6.08 Å². The summed E-state index contributed by atoms with van der Waals surface area (Å²) in [7, 11) is 0. The molecular weight excluding hydrogens is 340 g/mol. The van der Waals surface area contributed by atoms with Crippen molar-refractivity contribution >= 4 is 17.7 Å². The van der Waals surface area contributed by atoms with Gasteiger partial charge in [-0.25, -0.2) is 4.98 Å². The fourth-order valence-electron chi connectivity index (χ4n) is 3.64. The number of anilines is 1. The molecule has 1 aromatic heterocycles. The van der Waals surface area contributed by atoms with Crippen molar-refractivity contribution < 1.29 is 9.53 Å². The average Bonchev–Trinajstić information content (AvgIpc) is 2.69. The van der Waals surface area contributed by atoms with Gasteiger partial charge >= 0.3 is 0 Å². The summed E-state index contributed by atoms with van der Waals surface area (Å²) in [6, 6.07) is 6.30. The van der Waals surface area contributed by atoms with Crippen molar-refractivity contribution in [3.05, 3.63) is 54.1 Å². The van der Waals surface area contributed by atoms with Crippen molar-refractivity contribution in [2.24, 2.45) is 0 Å². The molecule has 4 rings (SSSR count). The fraction of sp³-hybridized carbons (Fsp3) is 0.381. The van der Waals surface area contributed by atoms with Crippen LogP contribution in [0.4, 0.5) is 5.69 Å². The lowest BCUT2D eigenvalue weighted by molar-refractivity contribution is 0.0285. The van der Waals surface area contributed by atoms with Gasteiger partial charge in [0.25, 0.3) is 5.91 Å². The Balaban J connectivity index is 1.46. The van der Waals surface area contributed by atoms with Crippen LogP contribution >= 0.6 is 0 Å². The van der Waals surface area contributed by atoms with Crippen LogP contribution in [-0.2, 0) is 0 Å². The zero-order valence-corrected chi connectivity index (χ0v) is 15.7. The molecule has 2 aromatic rings. The number of carbonyl (C=O) groups is 1. The van der Waals surface area contributed by atoms with E-state index in [0.717, 1.165) is 37.2 Å². The molecule has 1 aromatic carbocycles. The normalized spacial score (nSPS) is 18.2. The predicted octanol–water partition coefficient (Wildman–Crippen LogP) is 3.38. The number of ether oxygens (including phenoxy) is 1. The van der Waals surface area contributed by atoms with Gasteiger partial charge < -0.3 is 15.0 Å². The highest BCUT2D eigenvalue weighted by Gasteiger charge is 2.37. The number of amides is 1. The number of likely N-dealkylation sites (tertiary alicyclic amines) is 1. The number of aromatic nitrogens is 2. The van der Waals surface area contributed by atoms with Gasteiger partial charge in [0.2, 0.25) is 0 Å². The molecule has 1 spiro atoms. The Labute approximate surface area is 159 Å². The Kier molecular flexibility index (Phi) is 4.66. The number of nitrogens with zero attached hydrogens (tertiary/aromatic N) is 3. The molecule has 140 valence electrons. The molecule has 2 aliphatic heterocycles. The van der Waals surface area contributed by atoms with E-state index in [1.165, 1.54) is 12.4 Å². The van der Waals surface area contributed by atoms with E-state index < -0.39 is 0 Å². The Morgan fingerprint density at radius 3 is 2.78 bits per heavy atom. The maximum atomic E-state index is 12.2. The van der Waals surface area contributed by atoms with Crippen molar-refractivity contribution in [2.75, 3.05) is 18.4 Å². The van der Waals surface area contributed by atoms with Crippen LogP contribution in [0.1, 0.15) is 42.7 Å². The smallest absolute Gasteiger partial charge is 0.275 e. The van der Waals surface area contributed by atoms with Crippen molar-refractivity contribution in [1.82, 2.24) is 14.9 Å². The Bertz CT molecular complexity index is 856. The average molecular weight is 364 g/mol. The minimum absolute atomic E-state index is 0.206. The molecule has 6 nitrogen and oxygen atoms in total. The van der Waals surface area contributed by atoms with Crippen LogP contribution in [0, 0.1) is 0 Å². The molecule has 27 heavy (non-hydrogen) atoms. The minimum atomic E-state index is -0.277. The summed E-state index contributed by atoms with van der Waals surface area (Å²) >= 11 is 0. The minimum Gasteiger partial charge on any atom is -0.482 e. The maximum absolute atomic E-state index is 12.2. The van der Waals surface area contributed by atoms with E-state index in [-0.39, 0.29) is 17.2 Å². The van der Waals surface area contributed by atoms with Crippen LogP contribution in [0.15, 0.2) is 42.9 Å². The summed E-state index contributed by atoms with van der Waals surface area (Å²) in [5, 5.41) is 2.86. The molecule has 0 radical (unpaired) electrons. The maximum Gasteiger partial charge on any atom is 0.275 e. The number of hydrogen-bond donors (Lipinski definition) is 1. The van der Waals surface area contributed by atoms with Crippen LogP contribution in [0.3, 0.4) is 0 Å². The summed E-state index contributed by atoms with van der Waals surface area (Å²) < 4.78 is 6.38. The zero-order valence-electron chi connectivity index (χ0n) is 15.7. The van der Waals surface area contributed by atoms with Gasteiger partial charge in [0.1, 0.15) is 17.0 Å². The molecule has 0 atom stereocenters. The third-order valence-corrected chi connectivity index (χ3v) is 5.32. The van der Waals surface area contributed by atoms with E-state index in [9.17, 15) is 4.79 Å². The monoisotopic (exact) mass is 364 g/mol. The number of nitrogens with one attached hydrogen (secondary N) is 1. The lowest BCUT2D eigenvalue weighted by Crippen LogP contribution is -2.49. The first kappa shape index (κ1) is 17.7. The topological polar surface area (TPSA) is 67.4 Å². The Morgan fingerprint density at radius 1 is 1.26 bits per heavy atom. The number of fused-ring (bicyclic) bond motifs is 1. The summed E-state index contributed by atoms with van der Waals surface area (Å²) in [4.78, 5) is 22.7. The third-order valence-electron chi connectivity index (χ3n) is 5.32. The summed E-state index contributed by atoms with van der Waals surface area (Å²) in [5.41, 5.74) is 1.77. The molecule has 0 unspecified atom stereocenters. The second kappa shape index (κ2) is 7.12. The molecule has 1 fully saturated rings. The van der Waals surface area contributed by atoms with Gasteiger partial charge in [-0.2, -0.15) is 0 Å². The second-order valence-corrected chi connectivity index (χ2v) is 7.43. The molecular formula is C21H24N4O2. The van der Waals surface area contributed by atoms with E-state index in [1.807, 2.05) is 18.2 Å². The number of rotatable bonds is 3. The molecule has 1 amide bonds. The van der Waals surface area contributed by atoms with Crippen LogP contribution in [-0.4, -0.2) is 45.5 Å². The van der Waals surface area contributed by atoms with Crippen LogP contribution in [0.5, 0.6) is 5.75 Å². The van der Waals surface area contributed by atoms with Gasteiger partial charge in [0, 0.05) is 55.6 Å². The van der Waals surface area contributed by atoms with Crippen molar-refractivity contribution in [3.8, 4) is 5.75 Å². The van der Waals surface area contributed by atoms with E-state index in [0.29, 0.717) is 11.7 Å². The molecule has 2 aliphatic rings. The summed E-state index contributed by atoms with van der Waals surface area (Å²) in [5.74, 6) is 0.592. The SMILES string of the molecule is CC(C)N1CCC2(C=Cc3cc(NC(=O)c4cnccn4)ccc3O2)CC1. The summed E-state index contributed by atoms with van der Waals surface area (Å²) in [6.07, 6.45) is 10.8. The van der Waals surface area contributed by atoms with Gasteiger partial charge in [0.15, 0.2) is 0 Å². The van der Waals surface area contributed by atoms with Crippen LogP contribution in [0.2, 0.25) is 0 Å². The third kappa shape index (κ3) is 3.71. The fourth-order valence-corrected chi connectivity index (χ4v) is 3.64. The van der Waals surface area contributed by atoms with Gasteiger partial charge in [-0.3, -0.25) is 9.78 Å². The van der Waals surface area contributed by atoms with Crippen LogP contribution in [0.25, 0.3) is 6.08 Å². The summed E-state index contributed by atoms with van der Waals surface area (Å²) in [6.45, 7) is 6.57. The van der Waals surface area contributed by atoms with Gasteiger partial charge in [-0.15, -0.1) is 0 Å². The highest BCUT2D eigenvalue weighted by molar-refractivity contribution is 6.02. The highest BCUT2D eigenvalue weighted by Crippen LogP contribution is 2.38. The van der Waals surface area contributed by atoms with Crippen molar-refractivity contribution in [3.63, 3.8) is 0 Å². The molecule has 0 saturated carbocycles. The first-order valence-corrected chi connectivity index (χ1v) is 9.38. The number of carbonyl (C=O) groups excluding carboxylic acids is 1. The van der Waals surface area contributed by atoms with E-state index >= 15 is 0 Å². The van der Waals surface area contributed by atoms with E-state index in [2.05, 4.69) is 46.2 Å². The first-order chi connectivity index (χ1) is 13.0. The van der Waals surface area contributed by atoms with E-state index in [4.69, 9.17) is 4.74 Å². The largest absolute Gasteiger partial charge is 0.482 e. The number of piperidine rings is 1. The zero-order chi connectivity index (χ0) is 18.9. The van der Waals surface area contributed by atoms with E-state index in [1.54, 1.807) is 6.20 Å². The Hall–Kier alpha value is -2.73. The lowest BCUT2D eigenvalue weighted by Gasteiger charge is -2.43. The van der Waals surface area contributed by atoms with Crippen molar-refractivity contribution in [1.29, 1.82) is 0 Å². The van der Waals surface area contributed by atoms with Crippen molar-refractivity contribution in [2.45, 2.75) is 38.3 Å². The molecule has 0 aliphatic carbocycles. The number of benzene rings is 1. The molecule has 1 N–H and O–H groups in total. The quantitative estimate of drug-likeness (QED) is 0.904. The highest BCUT2D eigenvalue weighted by atomic mass is 16.5. The molecule has 6 heteroatoms. The Morgan fingerprint density at radius 2 is 2.07 bits per heavy atom. The molecule has 0 bridgehead atoms. The standard InChI is InChI=1S/C21H24N4O2/c1-15(2)25-11-7-21(8-12-25)6-5-16-13-17(3-4-19(16)27-21)24-20(26)18-14-22-9-10-23-18/h3-6,9-10,13-15H,7-8,11-12H2,1-2H3,(H,24,26). The number of hydrogen-bond acceptors (Lipinski definition) is 5. The predicted molar refractivity (Wildman–Crippen MR) is 105 cm³/mol. The molecule has 3 heterocycles.